The second-order valence-electron chi connectivity index (χ2n) is 6.29. The third kappa shape index (κ3) is 4.05. The summed E-state index contributed by atoms with van der Waals surface area (Å²) in [5.74, 6) is 1.29. The molecule has 2 aromatic rings. The van der Waals surface area contributed by atoms with Gasteiger partial charge < -0.3 is 20.1 Å². The summed E-state index contributed by atoms with van der Waals surface area (Å²) in [7, 11) is 3.21. The number of carbonyl (C=O) groups excluding carboxylic acids is 1. The SMILES string of the molecule is COc1cc(C)c(N[C@H](C(=O)NC2CC2)c2ccccc2)cc1OC. The first kappa shape index (κ1) is 17.1. The fourth-order valence-electron chi connectivity index (χ4n) is 2.75. The average Bonchev–Trinajstić information content (AvgIpc) is 3.44. The van der Waals surface area contributed by atoms with E-state index in [0.29, 0.717) is 17.5 Å². The van der Waals surface area contributed by atoms with Crippen LogP contribution in [0, 0.1) is 6.92 Å². The molecule has 0 spiro atoms. The van der Waals surface area contributed by atoms with Gasteiger partial charge in [-0.25, -0.2) is 0 Å². The van der Waals surface area contributed by atoms with Gasteiger partial charge in [-0.15, -0.1) is 0 Å². The quantitative estimate of drug-likeness (QED) is 0.810. The van der Waals surface area contributed by atoms with Crippen LogP contribution >= 0.6 is 0 Å². The number of ether oxygens (including phenoxy) is 2. The molecule has 0 radical (unpaired) electrons. The molecule has 0 bridgehead atoms. The Hall–Kier alpha value is -2.69. The second kappa shape index (κ2) is 7.47. The van der Waals surface area contributed by atoms with Gasteiger partial charge in [0, 0.05) is 17.8 Å². The van der Waals surface area contributed by atoms with Crippen LogP contribution in [-0.4, -0.2) is 26.2 Å². The van der Waals surface area contributed by atoms with E-state index in [0.717, 1.165) is 29.7 Å². The van der Waals surface area contributed by atoms with Crippen molar-refractivity contribution in [3.8, 4) is 11.5 Å². The Bertz CT molecular complexity index is 742. The number of nitrogens with one attached hydrogen (secondary N) is 2. The van der Waals surface area contributed by atoms with Crippen molar-refractivity contribution in [1.29, 1.82) is 0 Å². The molecule has 3 rings (SSSR count). The lowest BCUT2D eigenvalue weighted by atomic mass is 10.0. The van der Waals surface area contributed by atoms with Gasteiger partial charge >= 0.3 is 0 Å². The molecular formula is C20H24N2O3. The first-order valence-electron chi connectivity index (χ1n) is 8.47. The van der Waals surface area contributed by atoms with Gasteiger partial charge in [-0.3, -0.25) is 4.79 Å². The van der Waals surface area contributed by atoms with Crippen molar-refractivity contribution >= 4 is 11.6 Å². The third-order valence-electron chi connectivity index (χ3n) is 4.35. The summed E-state index contributed by atoms with van der Waals surface area (Å²) in [6, 6.07) is 13.4. The molecule has 2 N–H and O–H groups in total. The number of anilines is 1. The first-order chi connectivity index (χ1) is 12.1. The topological polar surface area (TPSA) is 59.6 Å². The minimum atomic E-state index is -0.460. The Morgan fingerprint density at radius 3 is 2.32 bits per heavy atom. The van der Waals surface area contributed by atoms with Crippen LogP contribution in [0.15, 0.2) is 42.5 Å². The highest BCUT2D eigenvalue weighted by Crippen LogP contribution is 2.34. The van der Waals surface area contributed by atoms with Gasteiger partial charge in [-0.2, -0.15) is 0 Å². The van der Waals surface area contributed by atoms with E-state index in [9.17, 15) is 4.79 Å². The lowest BCUT2D eigenvalue weighted by Gasteiger charge is -2.22. The van der Waals surface area contributed by atoms with Gasteiger partial charge in [0.1, 0.15) is 6.04 Å². The lowest BCUT2D eigenvalue weighted by Crippen LogP contribution is -2.35. The molecule has 1 saturated carbocycles. The predicted molar refractivity (Wildman–Crippen MR) is 98.3 cm³/mol. The van der Waals surface area contributed by atoms with Crippen LogP contribution in [0.2, 0.25) is 0 Å². The summed E-state index contributed by atoms with van der Waals surface area (Å²) in [4.78, 5) is 12.8. The molecule has 0 saturated heterocycles. The highest BCUT2D eigenvalue weighted by Gasteiger charge is 2.28. The van der Waals surface area contributed by atoms with Crippen molar-refractivity contribution in [1.82, 2.24) is 5.32 Å². The highest BCUT2D eigenvalue weighted by molar-refractivity contribution is 5.87. The molecule has 1 atom stereocenters. The monoisotopic (exact) mass is 340 g/mol. The molecule has 2 aromatic carbocycles. The summed E-state index contributed by atoms with van der Waals surface area (Å²) in [6.07, 6.45) is 2.12. The number of methoxy groups -OCH3 is 2. The number of benzene rings is 2. The summed E-state index contributed by atoms with van der Waals surface area (Å²) in [5.41, 5.74) is 2.75. The van der Waals surface area contributed by atoms with Gasteiger partial charge in [0.15, 0.2) is 11.5 Å². The zero-order valence-electron chi connectivity index (χ0n) is 14.8. The fourth-order valence-corrected chi connectivity index (χ4v) is 2.75. The number of carbonyl (C=O) groups is 1. The van der Waals surface area contributed by atoms with Crippen molar-refractivity contribution in [3.63, 3.8) is 0 Å². The van der Waals surface area contributed by atoms with E-state index < -0.39 is 6.04 Å². The number of aryl methyl sites for hydroxylation is 1. The van der Waals surface area contributed by atoms with Crippen LogP contribution in [0.3, 0.4) is 0 Å². The van der Waals surface area contributed by atoms with E-state index in [1.54, 1.807) is 14.2 Å². The van der Waals surface area contributed by atoms with Crippen LogP contribution in [0.5, 0.6) is 11.5 Å². The van der Waals surface area contributed by atoms with Crippen molar-refractivity contribution in [3.05, 3.63) is 53.6 Å². The molecule has 5 nitrogen and oxygen atoms in total. The maximum absolute atomic E-state index is 12.8. The standard InChI is InChI=1S/C20H24N2O3/c1-13-11-17(24-2)18(25-3)12-16(13)22-19(14-7-5-4-6-8-14)20(23)21-15-9-10-15/h4-8,11-12,15,19,22H,9-10H2,1-3H3,(H,21,23)/t19-/m0/s1. The molecular weight excluding hydrogens is 316 g/mol. The largest absolute Gasteiger partial charge is 0.493 e. The molecule has 1 aliphatic carbocycles. The number of hydrogen-bond donors (Lipinski definition) is 2. The summed E-state index contributed by atoms with van der Waals surface area (Å²) in [5, 5.41) is 6.46. The summed E-state index contributed by atoms with van der Waals surface area (Å²) < 4.78 is 10.7. The molecule has 1 aliphatic rings. The molecule has 0 aromatic heterocycles. The van der Waals surface area contributed by atoms with Crippen LogP contribution in [0.1, 0.15) is 30.0 Å². The lowest BCUT2D eigenvalue weighted by molar-refractivity contribution is -0.122. The van der Waals surface area contributed by atoms with Gasteiger partial charge in [0.05, 0.1) is 14.2 Å². The molecule has 0 unspecified atom stereocenters. The normalized spacial score (nSPS) is 14.5. The van der Waals surface area contributed by atoms with Crippen LogP contribution in [0.4, 0.5) is 5.69 Å². The predicted octanol–water partition coefficient (Wildman–Crippen LogP) is 3.44. The molecule has 0 aliphatic heterocycles. The van der Waals surface area contributed by atoms with E-state index in [-0.39, 0.29) is 5.91 Å². The van der Waals surface area contributed by atoms with E-state index in [4.69, 9.17) is 9.47 Å². The maximum atomic E-state index is 12.8. The van der Waals surface area contributed by atoms with Gasteiger partial charge in [-0.05, 0) is 37.0 Å². The van der Waals surface area contributed by atoms with E-state index in [2.05, 4.69) is 10.6 Å². The number of hydrogen-bond acceptors (Lipinski definition) is 4. The summed E-state index contributed by atoms with van der Waals surface area (Å²) >= 11 is 0. The number of rotatable bonds is 7. The fraction of sp³-hybridized carbons (Fsp3) is 0.350. The van der Waals surface area contributed by atoms with Crippen LogP contribution < -0.4 is 20.1 Å². The van der Waals surface area contributed by atoms with E-state index in [1.807, 2.05) is 49.4 Å². The van der Waals surface area contributed by atoms with E-state index in [1.165, 1.54) is 0 Å². The van der Waals surface area contributed by atoms with Gasteiger partial charge in [-0.1, -0.05) is 30.3 Å². The van der Waals surface area contributed by atoms with Crippen molar-refractivity contribution < 1.29 is 14.3 Å². The van der Waals surface area contributed by atoms with Crippen LogP contribution in [-0.2, 0) is 4.79 Å². The molecule has 1 fully saturated rings. The molecule has 132 valence electrons. The smallest absolute Gasteiger partial charge is 0.247 e. The van der Waals surface area contributed by atoms with Crippen LogP contribution in [0.25, 0.3) is 0 Å². The Labute approximate surface area is 148 Å². The zero-order valence-corrected chi connectivity index (χ0v) is 14.8. The zero-order chi connectivity index (χ0) is 17.8. The minimum Gasteiger partial charge on any atom is -0.493 e. The molecule has 5 heteroatoms. The van der Waals surface area contributed by atoms with E-state index >= 15 is 0 Å². The summed E-state index contributed by atoms with van der Waals surface area (Å²) in [6.45, 7) is 1.98. The van der Waals surface area contributed by atoms with Crippen molar-refractivity contribution in [2.24, 2.45) is 0 Å². The Balaban J connectivity index is 1.90. The Morgan fingerprint density at radius 2 is 1.72 bits per heavy atom. The van der Waals surface area contributed by atoms with Crippen molar-refractivity contribution in [2.75, 3.05) is 19.5 Å². The first-order valence-corrected chi connectivity index (χ1v) is 8.47. The molecule has 1 amide bonds. The average molecular weight is 340 g/mol. The maximum Gasteiger partial charge on any atom is 0.247 e. The minimum absolute atomic E-state index is 0.0112. The Morgan fingerprint density at radius 1 is 1.08 bits per heavy atom. The van der Waals surface area contributed by atoms with Gasteiger partial charge in [0.25, 0.3) is 0 Å². The second-order valence-corrected chi connectivity index (χ2v) is 6.29. The van der Waals surface area contributed by atoms with Gasteiger partial charge in [0.2, 0.25) is 5.91 Å². The van der Waals surface area contributed by atoms with Crippen molar-refractivity contribution in [2.45, 2.75) is 31.8 Å². The Kier molecular flexibility index (Phi) is 5.12. The third-order valence-corrected chi connectivity index (χ3v) is 4.35. The molecule has 25 heavy (non-hydrogen) atoms. The number of amides is 1. The highest BCUT2D eigenvalue weighted by atomic mass is 16.5. The molecule has 0 heterocycles.